The molecular formula is C18H18BrN3O4. The second-order valence-corrected chi connectivity index (χ2v) is 7.24. The fourth-order valence-corrected chi connectivity index (χ4v) is 3.88. The van der Waals surface area contributed by atoms with Gasteiger partial charge in [-0.25, -0.2) is 0 Å². The molecule has 0 radical (unpaired) electrons. The second-order valence-electron chi connectivity index (χ2n) is 6.39. The molecule has 0 atom stereocenters. The molecule has 0 aliphatic heterocycles. The molecule has 0 spiro atoms. The molecule has 0 saturated heterocycles. The molecule has 8 heteroatoms. The summed E-state index contributed by atoms with van der Waals surface area (Å²) in [5, 5.41) is 25.6. The molecule has 1 N–H and O–H groups in total. The Labute approximate surface area is 158 Å². The summed E-state index contributed by atoms with van der Waals surface area (Å²) in [5.74, 6) is 0. The first-order valence-electron chi connectivity index (χ1n) is 8.45. The largest absolute Gasteiger partial charge is 0.382 e. The van der Waals surface area contributed by atoms with Crippen LogP contribution in [0.15, 0.2) is 40.9 Å². The minimum Gasteiger partial charge on any atom is -0.382 e. The molecule has 0 amide bonds. The van der Waals surface area contributed by atoms with Crippen molar-refractivity contribution in [2.75, 3.05) is 5.32 Å². The number of halogens is 1. The van der Waals surface area contributed by atoms with Gasteiger partial charge in [-0.05, 0) is 46.5 Å². The van der Waals surface area contributed by atoms with Crippen molar-refractivity contribution in [3.8, 4) is 11.1 Å². The van der Waals surface area contributed by atoms with Crippen LogP contribution >= 0.6 is 15.9 Å². The number of hydrogen-bond donors (Lipinski definition) is 1. The fourth-order valence-electron chi connectivity index (χ4n) is 3.30. The highest BCUT2D eigenvalue weighted by Crippen LogP contribution is 2.38. The molecular weight excluding hydrogens is 402 g/mol. The second kappa shape index (κ2) is 7.82. The lowest BCUT2D eigenvalue weighted by Gasteiger charge is -2.25. The fraction of sp³-hybridized carbons (Fsp3) is 0.333. The van der Waals surface area contributed by atoms with Crippen LogP contribution in [0.3, 0.4) is 0 Å². The number of non-ortho nitro benzene ring substituents is 2. The van der Waals surface area contributed by atoms with Crippen molar-refractivity contribution >= 4 is 33.0 Å². The molecule has 0 unspecified atom stereocenters. The summed E-state index contributed by atoms with van der Waals surface area (Å²) in [7, 11) is 0. The van der Waals surface area contributed by atoms with E-state index < -0.39 is 9.85 Å². The summed E-state index contributed by atoms with van der Waals surface area (Å²) < 4.78 is 0.576. The van der Waals surface area contributed by atoms with Crippen molar-refractivity contribution in [3.05, 3.63) is 61.1 Å². The molecule has 0 bridgehead atoms. The molecule has 1 fully saturated rings. The van der Waals surface area contributed by atoms with Crippen LogP contribution in [0.2, 0.25) is 0 Å². The lowest BCUT2D eigenvalue weighted by Crippen LogP contribution is -2.22. The van der Waals surface area contributed by atoms with Gasteiger partial charge in [-0.2, -0.15) is 0 Å². The molecule has 7 nitrogen and oxygen atoms in total. The lowest BCUT2D eigenvalue weighted by atomic mass is 9.94. The molecule has 1 aliphatic rings. The van der Waals surface area contributed by atoms with Crippen molar-refractivity contribution in [3.63, 3.8) is 0 Å². The number of rotatable bonds is 5. The maximum absolute atomic E-state index is 11.2. The van der Waals surface area contributed by atoms with E-state index in [9.17, 15) is 20.2 Å². The number of benzene rings is 2. The zero-order valence-electron chi connectivity index (χ0n) is 14.0. The smallest absolute Gasteiger partial charge is 0.271 e. The van der Waals surface area contributed by atoms with Crippen molar-refractivity contribution in [2.24, 2.45) is 0 Å². The van der Waals surface area contributed by atoms with E-state index in [-0.39, 0.29) is 17.4 Å². The van der Waals surface area contributed by atoms with E-state index >= 15 is 0 Å². The minimum absolute atomic E-state index is 0.00988. The van der Waals surface area contributed by atoms with Crippen molar-refractivity contribution in [1.82, 2.24) is 0 Å². The Hall–Kier alpha value is -2.48. The van der Waals surface area contributed by atoms with E-state index in [2.05, 4.69) is 21.2 Å². The summed E-state index contributed by atoms with van der Waals surface area (Å²) in [6.45, 7) is 0. The SMILES string of the molecule is O=[N+]([O-])c1ccc(-c2ccc([N+](=O)[O-])cc2NC2CCCCC2)c(Br)c1. The predicted molar refractivity (Wildman–Crippen MR) is 103 cm³/mol. The highest BCUT2D eigenvalue weighted by atomic mass is 79.9. The lowest BCUT2D eigenvalue weighted by molar-refractivity contribution is -0.385. The molecule has 2 aromatic rings. The quantitative estimate of drug-likeness (QED) is 0.496. The summed E-state index contributed by atoms with van der Waals surface area (Å²) in [4.78, 5) is 21.3. The Kier molecular flexibility index (Phi) is 5.51. The van der Waals surface area contributed by atoms with E-state index in [4.69, 9.17) is 0 Å². The van der Waals surface area contributed by atoms with Gasteiger partial charge in [-0.1, -0.05) is 19.3 Å². The van der Waals surface area contributed by atoms with Gasteiger partial charge in [0.05, 0.1) is 9.85 Å². The van der Waals surface area contributed by atoms with Gasteiger partial charge in [-0.15, -0.1) is 0 Å². The maximum Gasteiger partial charge on any atom is 0.271 e. The van der Waals surface area contributed by atoms with Crippen LogP contribution in [0.1, 0.15) is 32.1 Å². The first-order chi connectivity index (χ1) is 12.5. The number of nitrogens with zero attached hydrogens (tertiary/aromatic N) is 2. The highest BCUT2D eigenvalue weighted by molar-refractivity contribution is 9.10. The van der Waals surface area contributed by atoms with Crippen LogP contribution in [0.4, 0.5) is 17.1 Å². The summed E-state index contributed by atoms with van der Waals surface area (Å²) in [6.07, 6.45) is 5.56. The standard InChI is InChI=1S/C18H18BrN3O4/c19-17-10-13(21(23)24)6-8-15(17)16-9-7-14(22(25)26)11-18(16)20-12-4-2-1-3-5-12/h6-12,20H,1-5H2. The molecule has 136 valence electrons. The maximum atomic E-state index is 11.2. The summed E-state index contributed by atoms with van der Waals surface area (Å²) >= 11 is 3.39. The van der Waals surface area contributed by atoms with Gasteiger partial charge in [0.1, 0.15) is 0 Å². The Morgan fingerprint density at radius 3 is 2.04 bits per heavy atom. The molecule has 0 heterocycles. The van der Waals surface area contributed by atoms with Crippen molar-refractivity contribution < 1.29 is 9.85 Å². The monoisotopic (exact) mass is 419 g/mol. The van der Waals surface area contributed by atoms with E-state index in [0.717, 1.165) is 36.8 Å². The van der Waals surface area contributed by atoms with E-state index in [0.29, 0.717) is 10.2 Å². The van der Waals surface area contributed by atoms with Crippen LogP contribution in [-0.4, -0.2) is 15.9 Å². The molecule has 26 heavy (non-hydrogen) atoms. The third kappa shape index (κ3) is 4.01. The van der Waals surface area contributed by atoms with Gasteiger partial charge >= 0.3 is 0 Å². The average Bonchev–Trinajstić information content (AvgIpc) is 2.62. The van der Waals surface area contributed by atoms with Crippen LogP contribution in [0.25, 0.3) is 11.1 Å². The van der Waals surface area contributed by atoms with Crippen molar-refractivity contribution in [2.45, 2.75) is 38.1 Å². The van der Waals surface area contributed by atoms with Gasteiger partial charge in [0.2, 0.25) is 0 Å². The Bertz CT molecular complexity index is 850. The molecule has 1 aliphatic carbocycles. The Morgan fingerprint density at radius 2 is 1.46 bits per heavy atom. The molecule has 0 aromatic heterocycles. The third-order valence-corrected chi connectivity index (χ3v) is 5.29. The topological polar surface area (TPSA) is 98.3 Å². The van der Waals surface area contributed by atoms with Gasteiger partial charge in [0.15, 0.2) is 0 Å². The zero-order valence-corrected chi connectivity index (χ0v) is 15.6. The molecule has 2 aromatic carbocycles. The van der Waals surface area contributed by atoms with Crippen molar-refractivity contribution in [1.29, 1.82) is 0 Å². The van der Waals surface area contributed by atoms with E-state index in [1.54, 1.807) is 12.1 Å². The minimum atomic E-state index is -0.453. The predicted octanol–water partition coefficient (Wildman–Crippen LogP) is 5.68. The average molecular weight is 420 g/mol. The van der Waals surface area contributed by atoms with Crippen LogP contribution in [0, 0.1) is 20.2 Å². The first kappa shape index (κ1) is 18.3. The molecule has 1 saturated carbocycles. The normalized spacial score (nSPS) is 14.8. The Morgan fingerprint density at radius 1 is 0.885 bits per heavy atom. The third-order valence-electron chi connectivity index (χ3n) is 4.63. The number of hydrogen-bond acceptors (Lipinski definition) is 5. The Balaban J connectivity index is 2.02. The number of nitro groups is 2. The van der Waals surface area contributed by atoms with Crippen LogP contribution in [-0.2, 0) is 0 Å². The van der Waals surface area contributed by atoms with Crippen LogP contribution < -0.4 is 5.32 Å². The zero-order chi connectivity index (χ0) is 18.7. The summed E-state index contributed by atoms with van der Waals surface area (Å²) in [5.41, 5.74) is 2.22. The molecule has 3 rings (SSSR count). The highest BCUT2D eigenvalue weighted by Gasteiger charge is 2.19. The number of anilines is 1. The van der Waals surface area contributed by atoms with Gasteiger partial charge in [0.25, 0.3) is 11.4 Å². The number of nitro benzene ring substituents is 2. The number of nitrogens with one attached hydrogen (secondary N) is 1. The van der Waals surface area contributed by atoms with Crippen LogP contribution in [0.5, 0.6) is 0 Å². The van der Waals surface area contributed by atoms with Gasteiger partial charge in [-0.3, -0.25) is 20.2 Å². The van der Waals surface area contributed by atoms with Gasteiger partial charge in [0, 0.05) is 46.0 Å². The van der Waals surface area contributed by atoms with Gasteiger partial charge < -0.3 is 5.32 Å². The first-order valence-corrected chi connectivity index (χ1v) is 9.24. The van der Waals surface area contributed by atoms with E-state index in [1.807, 2.05) is 0 Å². The summed E-state index contributed by atoms with van der Waals surface area (Å²) in [6, 6.07) is 9.51. The van der Waals surface area contributed by atoms with E-state index in [1.165, 1.54) is 30.7 Å².